The molecule has 33 heteroatoms. The van der Waals surface area contributed by atoms with E-state index in [4.69, 9.17) is 16.2 Å². The van der Waals surface area contributed by atoms with Crippen LogP contribution in [-0.4, -0.2) is 160 Å². The summed E-state index contributed by atoms with van der Waals surface area (Å²) in [7, 11) is 2.15. The Labute approximate surface area is 550 Å². The smallest absolute Gasteiger partial charge is 0.412 e. The van der Waals surface area contributed by atoms with E-state index in [0.717, 1.165) is 43.4 Å². The lowest BCUT2D eigenvalue weighted by atomic mass is 9.95. The number of nitrogen functional groups attached to an aromatic ring is 1. The Morgan fingerprint density at radius 2 is 1.43 bits per heavy atom. The first-order valence-corrected chi connectivity index (χ1v) is 32.1. The Kier molecular flexibility index (Phi) is 21.0. The van der Waals surface area contributed by atoms with E-state index in [1.165, 1.54) is 18.3 Å². The van der Waals surface area contributed by atoms with E-state index in [-0.39, 0.29) is 70.8 Å². The van der Waals surface area contributed by atoms with Crippen LogP contribution >= 0.6 is 21.6 Å². The van der Waals surface area contributed by atoms with Gasteiger partial charge in [-0.15, -0.1) is 0 Å². The predicted molar refractivity (Wildman–Crippen MR) is 357 cm³/mol. The molecule has 5 aromatic carbocycles. The summed E-state index contributed by atoms with van der Waals surface area (Å²) < 4.78 is 5.86. The van der Waals surface area contributed by atoms with Gasteiger partial charge in [0.15, 0.2) is 11.2 Å². The van der Waals surface area contributed by atoms with E-state index in [1.807, 2.05) is 43.3 Å². The van der Waals surface area contributed by atoms with Gasteiger partial charge in [-0.05, 0) is 78.0 Å². The summed E-state index contributed by atoms with van der Waals surface area (Å²) >= 11 is 0. The second-order valence-corrected chi connectivity index (χ2v) is 24.7. The highest BCUT2D eigenvalue weighted by Crippen LogP contribution is 2.45. The Balaban J connectivity index is 0.648. The van der Waals surface area contributed by atoms with Crippen molar-refractivity contribution in [2.75, 3.05) is 52.4 Å². The lowest BCUT2D eigenvalue weighted by Gasteiger charge is -2.22. The minimum absolute atomic E-state index is 0.00922. The average Bonchev–Trinajstić information content (AvgIpc) is 1.56. The van der Waals surface area contributed by atoms with E-state index in [0.29, 0.717) is 57.0 Å². The highest BCUT2D eigenvalue weighted by Gasteiger charge is 2.35. The van der Waals surface area contributed by atoms with Crippen LogP contribution in [0.25, 0.3) is 43.7 Å². The van der Waals surface area contributed by atoms with Gasteiger partial charge in [0.1, 0.15) is 41.3 Å². The number of carboxylic acid groups (broad SMARTS) is 3. The molecule has 0 fully saturated rings. The fourth-order valence-corrected chi connectivity index (χ4v) is 12.5. The van der Waals surface area contributed by atoms with Crippen LogP contribution in [0.3, 0.4) is 0 Å². The molecular weight excluding hydrogens is 1280 g/mol. The summed E-state index contributed by atoms with van der Waals surface area (Å²) in [6.07, 6.45) is -1.25. The van der Waals surface area contributed by atoms with Gasteiger partial charge >= 0.3 is 24.0 Å². The largest absolute Gasteiger partial charge is 0.481 e. The van der Waals surface area contributed by atoms with E-state index >= 15 is 0 Å². The molecule has 5 heterocycles. The molecule has 9 aromatic rings. The monoisotopic (exact) mass is 1350 g/mol. The normalized spacial score (nSPS) is 13.8. The summed E-state index contributed by atoms with van der Waals surface area (Å²) in [5, 5.41) is 50.1. The van der Waals surface area contributed by atoms with Gasteiger partial charge in [0.25, 0.3) is 23.3 Å². The van der Waals surface area contributed by atoms with Gasteiger partial charge in [0.05, 0.1) is 30.5 Å². The van der Waals surface area contributed by atoms with Crippen molar-refractivity contribution in [1.29, 1.82) is 0 Å². The zero-order valence-corrected chi connectivity index (χ0v) is 52.4. The molecule has 1 aliphatic heterocycles. The zero-order chi connectivity index (χ0) is 68.3. The van der Waals surface area contributed by atoms with Crippen molar-refractivity contribution in [3.63, 3.8) is 0 Å². The van der Waals surface area contributed by atoms with Crippen molar-refractivity contribution in [2.45, 2.75) is 62.8 Å². The van der Waals surface area contributed by atoms with Gasteiger partial charge in [-0.2, -0.15) is 4.98 Å². The van der Waals surface area contributed by atoms with Crippen LogP contribution in [0.5, 0.6) is 5.75 Å². The molecule has 0 saturated carbocycles. The number of carbonyl (C=O) groups excluding carboxylic acids is 7. The van der Waals surface area contributed by atoms with Gasteiger partial charge in [-0.1, -0.05) is 71.0 Å². The van der Waals surface area contributed by atoms with Crippen LogP contribution in [-0.2, 0) is 35.3 Å². The molecule has 10 rings (SSSR count). The third-order valence-corrected chi connectivity index (χ3v) is 17.6. The maximum Gasteiger partial charge on any atom is 0.412 e. The fraction of sp³-hybridized carbons (Fsp3) is 0.238. The second kappa shape index (κ2) is 30.0. The minimum atomic E-state index is -1.82. The number of para-hydroxylation sites is 1. The van der Waals surface area contributed by atoms with Crippen molar-refractivity contribution in [3.8, 4) is 5.75 Å². The number of aromatic nitrogens is 6. The lowest BCUT2D eigenvalue weighted by Crippen LogP contribution is -2.57. The molecule has 7 amide bonds. The van der Waals surface area contributed by atoms with Crippen LogP contribution in [0.15, 0.2) is 120 Å². The molecule has 496 valence electrons. The fourth-order valence-electron chi connectivity index (χ4n) is 10.5. The van der Waals surface area contributed by atoms with Gasteiger partial charge in [0, 0.05) is 93.7 Å². The first-order chi connectivity index (χ1) is 46.0. The number of carboxylic acids is 3. The van der Waals surface area contributed by atoms with Crippen LogP contribution < -0.4 is 63.9 Å². The summed E-state index contributed by atoms with van der Waals surface area (Å²) in [5.41, 5.74) is 16.2. The Morgan fingerprint density at radius 3 is 2.18 bits per heavy atom. The molecule has 96 heavy (non-hydrogen) atoms. The van der Waals surface area contributed by atoms with Crippen molar-refractivity contribution in [1.82, 2.24) is 56.5 Å². The highest BCUT2D eigenvalue weighted by atomic mass is 33.1. The van der Waals surface area contributed by atoms with Crippen LogP contribution in [0.4, 0.5) is 27.8 Å². The summed E-state index contributed by atoms with van der Waals surface area (Å²) in [6.45, 7) is 1.95. The number of aliphatic carboxylic acids is 3. The SMILES string of the molecule is CC1CN(C(=O)c2cc3cc(NC(=O)c4cc5ccccc5[nH]4)ccc3[nH]2)c2cc(OC(=O)NCCSSCC(NC(=O)C(CC(=O)O)NC(=O)C(N)CNC(=O)CCC(NC(=O)c3ccc(NCc4cnc5nc(N)[nH]c(=O)c5n4)cc3)C(=O)O)C(=O)O)c3ccccc3c21. The lowest BCUT2D eigenvalue weighted by molar-refractivity contribution is -0.143. The van der Waals surface area contributed by atoms with Crippen molar-refractivity contribution in [3.05, 3.63) is 154 Å². The topological polar surface area (TPSA) is 483 Å². The van der Waals surface area contributed by atoms with Gasteiger partial charge in [-0.25, -0.2) is 24.4 Å². The third kappa shape index (κ3) is 16.4. The third-order valence-electron chi connectivity index (χ3n) is 15.2. The standard InChI is InChI=1S/C63H62N16O15S2/c1-30-28-79(59(88)45-22-33-20-35(14-15-41(33)73-45)71-56(85)43-21-32-6-2-5-9-40(32)72-43)47-24-48(37-7-3-4-8-38(37)51(30)47)94-63(93)66-18-19-95-96-29-46(61(91)92)76-57(86)44(23-50(81)82)75-55(84)39(64)27-68-49(80)17-16-42(60(89)90)74-54(83)31-10-12-34(13-11-31)67-25-36-26-69-53-52(70-36)58(87)78-62(65)77-53/h2-15,20-22,24,26,30,39,42,44,46,67,72-73H,16-19,23,25,27-29,64H2,1H3,(H,66,93)(H,68,80)(H,71,85)(H,74,83)(H,75,84)(H,76,86)(H,81,82)(H,89,90)(H,91,92)(H3,65,69,77,78,87). The Hall–Kier alpha value is -11.6. The molecule has 4 aromatic heterocycles. The second-order valence-electron chi connectivity index (χ2n) is 22.1. The van der Waals surface area contributed by atoms with Crippen LogP contribution in [0.2, 0.25) is 0 Å². The maximum absolute atomic E-state index is 14.4. The number of aromatic amines is 3. The number of amides is 7. The predicted octanol–water partition coefficient (Wildman–Crippen LogP) is 4.15. The van der Waals surface area contributed by atoms with Gasteiger partial charge in [0.2, 0.25) is 23.7 Å². The van der Waals surface area contributed by atoms with E-state index < -0.39 is 103 Å². The van der Waals surface area contributed by atoms with Gasteiger partial charge in [-0.3, -0.25) is 43.3 Å². The number of nitrogens with zero attached hydrogens (tertiary/aromatic N) is 4. The first kappa shape index (κ1) is 67.3. The molecule has 0 saturated heterocycles. The Bertz CT molecular complexity index is 4570. The maximum atomic E-state index is 14.4. The number of hydrogen-bond acceptors (Lipinski definition) is 20. The average molecular weight is 1350 g/mol. The van der Waals surface area contributed by atoms with E-state index in [9.17, 15) is 68.1 Å². The highest BCUT2D eigenvalue weighted by molar-refractivity contribution is 8.76. The molecule has 0 bridgehead atoms. The van der Waals surface area contributed by atoms with Crippen molar-refractivity contribution < 1.29 is 68.0 Å². The molecule has 0 radical (unpaired) electrons. The molecule has 0 spiro atoms. The number of nitrogens with two attached hydrogens (primary N) is 2. The molecule has 31 nitrogen and oxygen atoms in total. The van der Waals surface area contributed by atoms with Crippen molar-refractivity contribution in [2.24, 2.45) is 5.73 Å². The number of fused-ring (bicyclic) bond motifs is 6. The van der Waals surface area contributed by atoms with E-state index in [2.05, 4.69) is 67.1 Å². The van der Waals surface area contributed by atoms with Crippen LogP contribution in [0, 0.1) is 0 Å². The van der Waals surface area contributed by atoms with Gasteiger partial charge < -0.3 is 83.6 Å². The molecule has 17 N–H and O–H groups in total. The summed E-state index contributed by atoms with van der Waals surface area (Å²) in [5.74, 6) is -8.99. The Morgan fingerprint density at radius 1 is 0.729 bits per heavy atom. The summed E-state index contributed by atoms with van der Waals surface area (Å²) in [4.78, 5) is 164. The number of rotatable bonds is 28. The molecule has 5 unspecified atom stereocenters. The molecule has 5 atom stereocenters. The number of anilines is 4. The first-order valence-electron chi connectivity index (χ1n) is 29.6. The summed E-state index contributed by atoms with van der Waals surface area (Å²) in [6, 6.07) is 24.7. The minimum Gasteiger partial charge on any atom is -0.481 e. The molecule has 0 aliphatic carbocycles. The zero-order valence-electron chi connectivity index (χ0n) is 50.7. The van der Waals surface area contributed by atoms with E-state index in [1.54, 1.807) is 65.6 Å². The molecule has 1 aliphatic rings. The number of hydrogen-bond donors (Lipinski definition) is 15. The number of ether oxygens (including phenoxy) is 1. The van der Waals surface area contributed by atoms with Crippen molar-refractivity contribution >= 4 is 148 Å². The number of H-pyrrole nitrogens is 3. The quantitative estimate of drug-likeness (QED) is 0.0242. The number of benzene rings is 5. The van der Waals surface area contributed by atoms with Crippen LogP contribution in [0.1, 0.15) is 74.7 Å². The number of nitrogens with one attached hydrogen (secondary N) is 10. The molecular formula is C63H62N16O15S2. The number of carbonyl (C=O) groups is 10.